The molecule has 8 nitrogen and oxygen atoms in total. The van der Waals surface area contributed by atoms with Gasteiger partial charge in [0.05, 0.1) is 23.5 Å². The second kappa shape index (κ2) is 8.06. The summed E-state index contributed by atoms with van der Waals surface area (Å²) >= 11 is 0. The van der Waals surface area contributed by atoms with Crippen LogP contribution in [0.25, 0.3) is 10.9 Å². The number of nitriles is 1. The number of rotatable bonds is 8. The minimum Gasteiger partial charge on any atom is -0.370 e. The maximum absolute atomic E-state index is 10.3. The number of nitrogens with one attached hydrogen (secondary N) is 2. The Labute approximate surface area is 181 Å². The van der Waals surface area contributed by atoms with Crippen LogP contribution in [-0.4, -0.2) is 32.8 Å². The average Bonchev–Trinajstić information content (AvgIpc) is 3.50. The molecule has 0 unspecified atom stereocenters. The van der Waals surface area contributed by atoms with Crippen LogP contribution < -0.4 is 10.6 Å². The van der Waals surface area contributed by atoms with Crippen molar-refractivity contribution in [3.05, 3.63) is 54.0 Å². The van der Waals surface area contributed by atoms with Crippen molar-refractivity contribution in [2.75, 3.05) is 10.6 Å². The number of hydrogen-bond acceptors (Lipinski definition) is 7. The summed E-state index contributed by atoms with van der Waals surface area (Å²) in [7, 11) is 1.30. The van der Waals surface area contributed by atoms with Gasteiger partial charge >= 0.3 is 0 Å². The molecule has 4 rings (SSSR count). The maximum atomic E-state index is 10.3. The van der Waals surface area contributed by atoms with Gasteiger partial charge in [-0.05, 0) is 37.3 Å². The highest BCUT2D eigenvalue weighted by Crippen LogP contribution is 2.37. The zero-order valence-electron chi connectivity index (χ0n) is 17.7. The second-order valence-electron chi connectivity index (χ2n) is 8.03. The van der Waals surface area contributed by atoms with Gasteiger partial charge in [0, 0.05) is 40.2 Å². The van der Waals surface area contributed by atoms with Gasteiger partial charge in [-0.1, -0.05) is 13.5 Å². The Kier molecular flexibility index (Phi) is 5.44. The largest absolute Gasteiger partial charge is 0.370 e. The monoisotopic (exact) mass is 416 g/mol. The average molecular weight is 416 g/mol. The predicted molar refractivity (Wildman–Crippen MR) is 122 cm³/mol. The summed E-state index contributed by atoms with van der Waals surface area (Å²) in [6.45, 7) is 6.26. The van der Waals surface area contributed by atoms with E-state index in [1.807, 2.05) is 19.1 Å². The summed E-state index contributed by atoms with van der Waals surface area (Å²) in [5.74, 6) is 1.05. The van der Waals surface area contributed by atoms with Crippen molar-refractivity contribution in [2.24, 2.45) is 5.92 Å². The third-order valence-electron chi connectivity index (χ3n) is 5.52. The molecule has 1 aliphatic rings. The molecule has 9 heteroatoms. The minimum absolute atomic E-state index is 0.156. The Morgan fingerprint density at radius 2 is 2.13 bits per heavy atom. The van der Waals surface area contributed by atoms with E-state index in [0.29, 0.717) is 23.8 Å². The first kappa shape index (κ1) is 20.9. The lowest BCUT2D eigenvalue weighted by atomic mass is 9.87. The molecule has 0 saturated heterocycles. The zero-order valence-corrected chi connectivity index (χ0v) is 17.7. The quantitative estimate of drug-likeness (QED) is 0.329. The first-order chi connectivity index (χ1) is 14.8. The van der Waals surface area contributed by atoms with Gasteiger partial charge in [0.15, 0.2) is 7.85 Å². The van der Waals surface area contributed by atoms with Crippen LogP contribution in [0.2, 0.25) is 0 Å². The molecule has 3 aromatic rings. The number of aliphatic hydroxyl groups is 2. The number of aromatic nitrogens is 3. The molecular formula is C22H25BN6O2. The van der Waals surface area contributed by atoms with Crippen LogP contribution in [0, 0.1) is 17.2 Å². The molecule has 2 aromatic heterocycles. The van der Waals surface area contributed by atoms with E-state index in [2.05, 4.69) is 33.4 Å². The third-order valence-corrected chi connectivity index (χ3v) is 5.52. The Morgan fingerprint density at radius 3 is 2.77 bits per heavy atom. The summed E-state index contributed by atoms with van der Waals surface area (Å²) in [5.41, 5.74) is 2.30. The number of hydrogen-bond donors (Lipinski definition) is 4. The predicted octanol–water partition coefficient (Wildman–Crippen LogP) is 2.32. The molecule has 158 valence electrons. The summed E-state index contributed by atoms with van der Waals surface area (Å²) in [6.07, 6.45) is 6.15. The molecule has 0 amide bonds. The number of fused-ring (bicyclic) bond motifs is 1. The summed E-state index contributed by atoms with van der Waals surface area (Å²) in [5, 5.41) is 41.6. The first-order valence-corrected chi connectivity index (χ1v) is 10.3. The molecule has 2 heterocycles. The van der Waals surface area contributed by atoms with E-state index in [1.165, 1.54) is 14.0 Å². The number of aryl methyl sites for hydroxylation is 1. The standard InChI is InChI=1S/C22H25BN6O2/c1-3-16-18(7-6-15-11-26-29(9-8-24)21(15)16)28-19-10-20(27-13(2)14-4-5-14)25-12-17(19)22(23,30)31/h6-7,10-12,14,30-31H,2-5,9,23H2,1H3,(H2,25,27,28). The van der Waals surface area contributed by atoms with Gasteiger partial charge in [0.2, 0.25) is 0 Å². The van der Waals surface area contributed by atoms with Crippen LogP contribution in [-0.2, 0) is 18.7 Å². The summed E-state index contributed by atoms with van der Waals surface area (Å²) < 4.78 is 1.68. The highest BCUT2D eigenvalue weighted by atomic mass is 16.5. The normalized spacial score (nSPS) is 13.7. The van der Waals surface area contributed by atoms with Gasteiger partial charge in [-0.3, -0.25) is 4.68 Å². The first-order valence-electron chi connectivity index (χ1n) is 10.3. The van der Waals surface area contributed by atoms with Crippen molar-refractivity contribution in [3.63, 3.8) is 0 Å². The molecule has 0 atom stereocenters. The van der Waals surface area contributed by atoms with Gasteiger partial charge in [-0.2, -0.15) is 10.4 Å². The maximum Gasteiger partial charge on any atom is 0.184 e. The highest BCUT2D eigenvalue weighted by molar-refractivity contribution is 6.13. The zero-order chi connectivity index (χ0) is 22.2. The van der Waals surface area contributed by atoms with Gasteiger partial charge in [0.1, 0.15) is 18.0 Å². The topological polar surface area (TPSA) is 119 Å². The van der Waals surface area contributed by atoms with Crippen molar-refractivity contribution in [1.82, 2.24) is 14.8 Å². The fourth-order valence-corrected chi connectivity index (χ4v) is 3.76. The van der Waals surface area contributed by atoms with Crippen LogP contribution >= 0.6 is 0 Å². The highest BCUT2D eigenvalue weighted by Gasteiger charge is 2.27. The van der Waals surface area contributed by atoms with Crippen molar-refractivity contribution in [1.29, 1.82) is 5.26 Å². The van der Waals surface area contributed by atoms with E-state index in [4.69, 9.17) is 5.26 Å². The minimum atomic E-state index is -2.07. The number of pyridine rings is 1. The van der Waals surface area contributed by atoms with Gasteiger partial charge in [0.25, 0.3) is 0 Å². The van der Waals surface area contributed by atoms with Crippen LogP contribution in [0.3, 0.4) is 0 Å². The molecule has 1 fully saturated rings. The molecule has 4 N–H and O–H groups in total. The van der Waals surface area contributed by atoms with E-state index in [0.717, 1.165) is 40.7 Å². The van der Waals surface area contributed by atoms with Crippen molar-refractivity contribution < 1.29 is 10.2 Å². The molecule has 1 aliphatic carbocycles. The van der Waals surface area contributed by atoms with E-state index < -0.39 is 5.69 Å². The SMILES string of the molecule is BC(O)(O)c1cnc(NC(=C)C2CC2)cc1Nc1ccc2cnn(CC#N)c2c1CC. The van der Waals surface area contributed by atoms with E-state index in [-0.39, 0.29) is 12.1 Å². The van der Waals surface area contributed by atoms with Crippen molar-refractivity contribution in [3.8, 4) is 6.07 Å². The van der Waals surface area contributed by atoms with Crippen molar-refractivity contribution >= 4 is 35.9 Å². The van der Waals surface area contributed by atoms with E-state index >= 15 is 0 Å². The molecular weight excluding hydrogens is 391 g/mol. The Hall–Kier alpha value is -3.35. The van der Waals surface area contributed by atoms with Crippen LogP contribution in [0.5, 0.6) is 0 Å². The third kappa shape index (κ3) is 4.26. The van der Waals surface area contributed by atoms with E-state index in [9.17, 15) is 10.2 Å². The lowest BCUT2D eigenvalue weighted by Crippen LogP contribution is -2.26. The Balaban J connectivity index is 1.76. The molecule has 0 aliphatic heterocycles. The van der Waals surface area contributed by atoms with Gasteiger partial charge in [-0.15, -0.1) is 0 Å². The Bertz CT molecular complexity index is 1190. The number of allylic oxidation sites excluding steroid dienone is 1. The smallest absolute Gasteiger partial charge is 0.184 e. The number of benzene rings is 1. The second-order valence-corrected chi connectivity index (χ2v) is 8.03. The van der Waals surface area contributed by atoms with Crippen molar-refractivity contribution in [2.45, 2.75) is 38.4 Å². The summed E-state index contributed by atoms with van der Waals surface area (Å²) in [6, 6.07) is 7.77. The Morgan fingerprint density at radius 1 is 1.35 bits per heavy atom. The van der Waals surface area contributed by atoms with Gasteiger partial charge < -0.3 is 20.8 Å². The molecule has 1 aromatic carbocycles. The van der Waals surface area contributed by atoms with Crippen LogP contribution in [0.15, 0.2) is 42.9 Å². The molecule has 0 spiro atoms. The lowest BCUT2D eigenvalue weighted by molar-refractivity contribution is -0.0906. The molecule has 0 radical (unpaired) electrons. The number of anilines is 3. The number of nitrogens with zero attached hydrogens (tertiary/aromatic N) is 4. The van der Waals surface area contributed by atoms with Gasteiger partial charge in [-0.25, -0.2) is 4.98 Å². The van der Waals surface area contributed by atoms with Crippen LogP contribution in [0.4, 0.5) is 17.2 Å². The lowest BCUT2D eigenvalue weighted by Gasteiger charge is -2.23. The fraction of sp³-hybridized carbons (Fsp3) is 0.318. The molecule has 0 bridgehead atoms. The molecule has 1 saturated carbocycles. The fourth-order valence-electron chi connectivity index (χ4n) is 3.76. The molecule has 31 heavy (non-hydrogen) atoms. The van der Waals surface area contributed by atoms with E-state index in [1.54, 1.807) is 16.9 Å². The summed E-state index contributed by atoms with van der Waals surface area (Å²) in [4.78, 5) is 4.34. The van der Waals surface area contributed by atoms with Crippen LogP contribution in [0.1, 0.15) is 30.9 Å².